The first-order chi connectivity index (χ1) is 9.11. The maximum atomic E-state index is 9.52. The van der Waals surface area contributed by atoms with E-state index in [4.69, 9.17) is 9.47 Å². The number of methoxy groups -OCH3 is 1. The predicted octanol–water partition coefficient (Wildman–Crippen LogP) is 2.02. The third-order valence-electron chi connectivity index (χ3n) is 2.78. The van der Waals surface area contributed by atoms with Gasteiger partial charge in [-0.05, 0) is 31.5 Å². The maximum Gasteiger partial charge on any atom is 0.161 e. The van der Waals surface area contributed by atoms with Crippen molar-refractivity contribution in [3.63, 3.8) is 0 Å². The largest absolute Gasteiger partial charge is 0.493 e. The minimum Gasteiger partial charge on any atom is -0.493 e. The molecule has 1 aromatic carbocycles. The monoisotopic (exact) mass is 264 g/mol. The van der Waals surface area contributed by atoms with Gasteiger partial charge in [0.2, 0.25) is 0 Å². The molecule has 102 valence electrons. The minimum absolute atomic E-state index is 0.250. The summed E-state index contributed by atoms with van der Waals surface area (Å²) in [6.07, 6.45) is -0.551. The van der Waals surface area contributed by atoms with Crippen LogP contribution >= 0.6 is 0 Å². The number of aliphatic hydroxyl groups excluding tert-OH is 1. The molecule has 0 aliphatic heterocycles. The van der Waals surface area contributed by atoms with Crippen LogP contribution in [0.2, 0.25) is 0 Å². The Morgan fingerprint density at radius 3 is 2.68 bits per heavy atom. The highest BCUT2D eigenvalue weighted by Crippen LogP contribution is 2.30. The molecule has 0 saturated carbocycles. The molecule has 0 unspecified atom stereocenters. The molecule has 0 radical (unpaired) electrons. The summed E-state index contributed by atoms with van der Waals surface area (Å²) in [6.45, 7) is 3.74. The van der Waals surface area contributed by atoms with Crippen LogP contribution in [0.25, 0.3) is 0 Å². The summed E-state index contributed by atoms with van der Waals surface area (Å²) in [5, 5.41) is 16.9. The first kappa shape index (κ1) is 13.4. The van der Waals surface area contributed by atoms with E-state index in [1.807, 2.05) is 0 Å². The summed E-state index contributed by atoms with van der Waals surface area (Å²) in [5.74, 6) is 1.14. The maximum absolute atomic E-state index is 9.52. The van der Waals surface area contributed by atoms with Crippen molar-refractivity contribution in [2.24, 2.45) is 0 Å². The van der Waals surface area contributed by atoms with Crippen LogP contribution in [-0.2, 0) is 6.61 Å². The molecule has 19 heavy (non-hydrogen) atoms. The highest BCUT2D eigenvalue weighted by Gasteiger charge is 2.11. The molecule has 2 rings (SSSR count). The van der Waals surface area contributed by atoms with E-state index in [2.05, 4.69) is 14.9 Å². The lowest BCUT2D eigenvalue weighted by molar-refractivity contribution is 0.198. The Balaban J connectivity index is 2.14. The topological polar surface area (TPSA) is 77.6 Å². The first-order valence-corrected chi connectivity index (χ1v) is 5.88. The van der Waals surface area contributed by atoms with Crippen molar-refractivity contribution in [2.75, 3.05) is 7.11 Å². The smallest absolute Gasteiger partial charge is 0.161 e. The average molecular weight is 264 g/mol. The van der Waals surface area contributed by atoms with Gasteiger partial charge in [-0.2, -0.15) is 0 Å². The number of benzene rings is 1. The van der Waals surface area contributed by atoms with Crippen LogP contribution in [0.4, 0.5) is 0 Å². The molecule has 0 aliphatic rings. The molecular weight excluding hydrogens is 248 g/mol. The Morgan fingerprint density at radius 1 is 1.32 bits per heavy atom. The third kappa shape index (κ3) is 3.03. The Morgan fingerprint density at radius 2 is 2.11 bits per heavy atom. The molecule has 1 aromatic heterocycles. The summed E-state index contributed by atoms with van der Waals surface area (Å²) in [4.78, 5) is 0. The van der Waals surface area contributed by atoms with Crippen molar-refractivity contribution in [3.05, 3.63) is 35.2 Å². The summed E-state index contributed by atoms with van der Waals surface area (Å²) >= 11 is 0. The zero-order valence-corrected chi connectivity index (χ0v) is 11.1. The molecule has 0 bridgehead atoms. The highest BCUT2D eigenvalue weighted by molar-refractivity contribution is 5.43. The van der Waals surface area contributed by atoms with Crippen molar-refractivity contribution in [2.45, 2.75) is 26.6 Å². The summed E-state index contributed by atoms with van der Waals surface area (Å²) in [6, 6.07) is 5.29. The Kier molecular flexibility index (Phi) is 4.01. The quantitative estimate of drug-likeness (QED) is 0.890. The molecule has 1 heterocycles. The predicted molar refractivity (Wildman–Crippen MR) is 67.0 cm³/mol. The molecule has 0 saturated heterocycles. The van der Waals surface area contributed by atoms with Gasteiger partial charge >= 0.3 is 0 Å². The molecule has 0 aliphatic carbocycles. The fraction of sp³-hybridized carbons (Fsp3) is 0.385. The number of aryl methyl sites for hydroxylation is 1. The second-order valence-corrected chi connectivity index (χ2v) is 4.17. The van der Waals surface area contributed by atoms with Gasteiger partial charge in [0.1, 0.15) is 18.0 Å². The van der Waals surface area contributed by atoms with E-state index < -0.39 is 6.10 Å². The van der Waals surface area contributed by atoms with E-state index in [-0.39, 0.29) is 6.61 Å². The number of aromatic nitrogens is 2. The lowest BCUT2D eigenvalue weighted by Gasteiger charge is -2.12. The van der Waals surface area contributed by atoms with E-state index in [1.165, 1.54) is 0 Å². The normalized spacial score (nSPS) is 12.2. The number of ether oxygens (including phenoxy) is 2. The van der Waals surface area contributed by atoms with Gasteiger partial charge in [0.25, 0.3) is 0 Å². The van der Waals surface area contributed by atoms with Crippen molar-refractivity contribution in [3.8, 4) is 11.5 Å². The Bertz CT molecular complexity index is 551. The first-order valence-electron chi connectivity index (χ1n) is 5.88. The summed E-state index contributed by atoms with van der Waals surface area (Å²) in [5.41, 5.74) is 2.10. The molecule has 0 spiro atoms. The van der Waals surface area contributed by atoms with Gasteiger partial charge in [0, 0.05) is 0 Å². The Hall–Kier alpha value is -2.08. The van der Waals surface area contributed by atoms with Crippen molar-refractivity contribution >= 4 is 0 Å². The van der Waals surface area contributed by atoms with Gasteiger partial charge in [-0.15, -0.1) is 0 Å². The van der Waals surface area contributed by atoms with Crippen LogP contribution in [-0.4, -0.2) is 22.5 Å². The number of aliphatic hydroxyl groups is 1. The summed E-state index contributed by atoms with van der Waals surface area (Å²) in [7, 11) is 1.55. The van der Waals surface area contributed by atoms with Crippen molar-refractivity contribution < 1.29 is 19.2 Å². The van der Waals surface area contributed by atoms with E-state index >= 15 is 0 Å². The van der Waals surface area contributed by atoms with Crippen LogP contribution in [0.1, 0.15) is 30.0 Å². The van der Waals surface area contributed by atoms with Gasteiger partial charge in [-0.3, -0.25) is 0 Å². The van der Waals surface area contributed by atoms with E-state index in [1.54, 1.807) is 39.2 Å². The number of nitrogens with zero attached hydrogens (tertiary/aromatic N) is 2. The highest BCUT2D eigenvalue weighted by atomic mass is 16.6. The molecule has 1 N–H and O–H groups in total. The van der Waals surface area contributed by atoms with E-state index in [0.717, 1.165) is 5.56 Å². The molecule has 1 atom stereocenters. The van der Waals surface area contributed by atoms with Gasteiger partial charge in [0.05, 0.1) is 13.2 Å². The fourth-order valence-corrected chi connectivity index (χ4v) is 1.59. The van der Waals surface area contributed by atoms with Crippen LogP contribution in [0.15, 0.2) is 22.8 Å². The number of rotatable bonds is 5. The van der Waals surface area contributed by atoms with Crippen LogP contribution in [0.3, 0.4) is 0 Å². The van der Waals surface area contributed by atoms with Gasteiger partial charge in [0.15, 0.2) is 11.5 Å². The SMILES string of the molecule is COc1cc([C@@H](C)O)ccc1OCc1nonc1C. The summed E-state index contributed by atoms with van der Waals surface area (Å²) < 4.78 is 15.5. The molecule has 0 amide bonds. The standard InChI is InChI=1S/C13H16N2O4/c1-8-11(15-19-14-8)7-18-12-5-4-10(9(2)16)6-13(12)17-3/h4-6,9,16H,7H2,1-3H3/t9-/m1/s1. The van der Waals surface area contributed by atoms with Crippen LogP contribution in [0.5, 0.6) is 11.5 Å². The van der Waals surface area contributed by atoms with Crippen LogP contribution < -0.4 is 9.47 Å². The third-order valence-corrected chi connectivity index (χ3v) is 2.78. The minimum atomic E-state index is -0.551. The van der Waals surface area contributed by atoms with Crippen LogP contribution in [0, 0.1) is 6.92 Å². The molecule has 6 heteroatoms. The zero-order valence-electron chi connectivity index (χ0n) is 11.1. The Labute approximate surface area is 110 Å². The average Bonchev–Trinajstić information content (AvgIpc) is 2.81. The molecule has 6 nitrogen and oxygen atoms in total. The lowest BCUT2D eigenvalue weighted by atomic mass is 10.1. The molecule has 0 fully saturated rings. The van der Waals surface area contributed by atoms with Gasteiger partial charge in [-0.1, -0.05) is 16.4 Å². The molecular formula is C13H16N2O4. The van der Waals surface area contributed by atoms with Crippen molar-refractivity contribution in [1.82, 2.24) is 10.3 Å². The molecule has 2 aromatic rings. The van der Waals surface area contributed by atoms with E-state index in [0.29, 0.717) is 22.9 Å². The zero-order chi connectivity index (χ0) is 13.8. The van der Waals surface area contributed by atoms with Crippen molar-refractivity contribution in [1.29, 1.82) is 0 Å². The van der Waals surface area contributed by atoms with Gasteiger partial charge < -0.3 is 14.6 Å². The second-order valence-electron chi connectivity index (χ2n) is 4.17. The number of hydrogen-bond acceptors (Lipinski definition) is 6. The van der Waals surface area contributed by atoms with Gasteiger partial charge in [-0.25, -0.2) is 4.63 Å². The second kappa shape index (κ2) is 5.71. The van der Waals surface area contributed by atoms with E-state index in [9.17, 15) is 5.11 Å². The lowest BCUT2D eigenvalue weighted by Crippen LogP contribution is -2.01. The number of hydrogen-bond donors (Lipinski definition) is 1. The fourth-order valence-electron chi connectivity index (χ4n) is 1.59.